The molecule has 6 nitrogen and oxygen atoms in total. The second-order valence-electron chi connectivity index (χ2n) is 6.88. The van der Waals surface area contributed by atoms with Crippen LogP contribution in [0.1, 0.15) is 29.4 Å². The van der Waals surface area contributed by atoms with Crippen LogP contribution >= 0.6 is 0 Å². The average molecular weight is 363 g/mol. The number of carbonyl (C=O) groups is 1. The number of benzene rings is 2. The maximum atomic E-state index is 12.6. The molecule has 3 aromatic rings. The van der Waals surface area contributed by atoms with Gasteiger partial charge in [-0.25, -0.2) is 0 Å². The van der Waals surface area contributed by atoms with Crippen molar-refractivity contribution in [1.82, 2.24) is 10.1 Å². The summed E-state index contributed by atoms with van der Waals surface area (Å²) in [5.74, 6) is 1.70. The molecule has 0 saturated carbocycles. The molecule has 1 fully saturated rings. The predicted octanol–water partition coefficient (Wildman–Crippen LogP) is 3.88. The Balaban J connectivity index is 1.57. The Kier molecular flexibility index (Phi) is 4.39. The standard InChI is InChI=1S/C21H21N3O3/c1-13-7-8-18(14(2)9-13)24-12-16(11-19(24)25)21-22-20(23-27-21)15-5-4-6-17(10-15)26-3/h4-10,16H,11-12H2,1-3H3. The first kappa shape index (κ1) is 17.3. The molecule has 2 aromatic carbocycles. The van der Waals surface area contributed by atoms with E-state index in [0.29, 0.717) is 24.7 Å². The Morgan fingerprint density at radius 1 is 1.19 bits per heavy atom. The van der Waals surface area contributed by atoms with Crippen LogP contribution in [-0.4, -0.2) is 29.7 Å². The van der Waals surface area contributed by atoms with Gasteiger partial charge in [0.2, 0.25) is 17.6 Å². The summed E-state index contributed by atoms with van der Waals surface area (Å²) in [7, 11) is 1.62. The number of amides is 1. The lowest BCUT2D eigenvalue weighted by Crippen LogP contribution is -2.25. The number of ether oxygens (including phenoxy) is 1. The third-order valence-electron chi connectivity index (χ3n) is 4.89. The number of methoxy groups -OCH3 is 1. The minimum absolute atomic E-state index is 0.0769. The molecule has 1 amide bonds. The number of rotatable bonds is 4. The van der Waals surface area contributed by atoms with E-state index in [1.54, 1.807) is 7.11 Å². The highest BCUT2D eigenvalue weighted by atomic mass is 16.5. The van der Waals surface area contributed by atoms with Crippen molar-refractivity contribution in [2.75, 3.05) is 18.6 Å². The molecule has 1 atom stereocenters. The Morgan fingerprint density at radius 2 is 2.04 bits per heavy atom. The number of nitrogens with zero attached hydrogens (tertiary/aromatic N) is 3. The maximum Gasteiger partial charge on any atom is 0.232 e. The number of hydrogen-bond donors (Lipinski definition) is 0. The molecule has 0 bridgehead atoms. The van der Waals surface area contributed by atoms with Crippen LogP contribution in [0.15, 0.2) is 47.0 Å². The van der Waals surface area contributed by atoms with Crippen molar-refractivity contribution >= 4 is 11.6 Å². The van der Waals surface area contributed by atoms with Crippen LogP contribution in [0.2, 0.25) is 0 Å². The molecule has 1 unspecified atom stereocenters. The maximum absolute atomic E-state index is 12.6. The smallest absolute Gasteiger partial charge is 0.232 e. The average Bonchev–Trinajstić information content (AvgIpc) is 3.29. The van der Waals surface area contributed by atoms with Crippen molar-refractivity contribution in [3.8, 4) is 17.1 Å². The van der Waals surface area contributed by atoms with E-state index in [4.69, 9.17) is 9.26 Å². The van der Waals surface area contributed by atoms with Crippen molar-refractivity contribution < 1.29 is 14.1 Å². The second kappa shape index (κ2) is 6.87. The first-order valence-electron chi connectivity index (χ1n) is 8.91. The van der Waals surface area contributed by atoms with Crippen LogP contribution in [0.5, 0.6) is 5.75 Å². The monoisotopic (exact) mass is 363 g/mol. The third kappa shape index (κ3) is 3.30. The molecule has 1 aliphatic heterocycles. The van der Waals surface area contributed by atoms with E-state index >= 15 is 0 Å². The fourth-order valence-electron chi connectivity index (χ4n) is 3.49. The highest BCUT2D eigenvalue weighted by Crippen LogP contribution is 2.34. The molecule has 0 N–H and O–H groups in total. The second-order valence-corrected chi connectivity index (χ2v) is 6.88. The lowest BCUT2D eigenvalue weighted by atomic mass is 10.1. The highest BCUT2D eigenvalue weighted by Gasteiger charge is 2.35. The van der Waals surface area contributed by atoms with Gasteiger partial charge in [0.15, 0.2) is 0 Å². The molecule has 1 saturated heterocycles. The lowest BCUT2D eigenvalue weighted by molar-refractivity contribution is -0.117. The number of anilines is 1. The molecule has 0 radical (unpaired) electrons. The first-order chi connectivity index (χ1) is 13.0. The summed E-state index contributed by atoms with van der Waals surface area (Å²) in [5, 5.41) is 4.09. The summed E-state index contributed by atoms with van der Waals surface area (Å²) in [6.07, 6.45) is 0.368. The fraction of sp³-hybridized carbons (Fsp3) is 0.286. The molecule has 1 aromatic heterocycles. The zero-order valence-corrected chi connectivity index (χ0v) is 15.6. The van der Waals surface area contributed by atoms with Gasteiger partial charge in [0, 0.05) is 24.2 Å². The largest absolute Gasteiger partial charge is 0.497 e. The summed E-state index contributed by atoms with van der Waals surface area (Å²) in [6, 6.07) is 13.6. The van der Waals surface area contributed by atoms with Gasteiger partial charge in [-0.05, 0) is 37.6 Å². The zero-order chi connectivity index (χ0) is 19.0. The van der Waals surface area contributed by atoms with Crippen LogP contribution in [0.25, 0.3) is 11.4 Å². The van der Waals surface area contributed by atoms with Gasteiger partial charge in [-0.2, -0.15) is 4.98 Å². The summed E-state index contributed by atoms with van der Waals surface area (Å²) in [4.78, 5) is 18.9. The minimum atomic E-state index is -0.106. The van der Waals surface area contributed by atoms with Gasteiger partial charge in [-0.1, -0.05) is 35.0 Å². The SMILES string of the molecule is COc1cccc(-c2noc(C3CC(=O)N(c4ccc(C)cc4C)C3)n2)c1. The molecule has 6 heteroatoms. The van der Waals surface area contributed by atoms with Crippen LogP contribution in [-0.2, 0) is 4.79 Å². The summed E-state index contributed by atoms with van der Waals surface area (Å²) >= 11 is 0. The summed E-state index contributed by atoms with van der Waals surface area (Å²) in [5.41, 5.74) is 4.03. The van der Waals surface area contributed by atoms with Gasteiger partial charge in [0.1, 0.15) is 5.75 Å². The van der Waals surface area contributed by atoms with Gasteiger partial charge in [-0.3, -0.25) is 4.79 Å². The molecule has 0 spiro atoms. The Morgan fingerprint density at radius 3 is 2.81 bits per heavy atom. The van der Waals surface area contributed by atoms with Crippen LogP contribution < -0.4 is 9.64 Å². The van der Waals surface area contributed by atoms with Crippen molar-refractivity contribution in [2.45, 2.75) is 26.2 Å². The van der Waals surface area contributed by atoms with Crippen LogP contribution in [0.4, 0.5) is 5.69 Å². The van der Waals surface area contributed by atoms with E-state index in [2.05, 4.69) is 16.2 Å². The van der Waals surface area contributed by atoms with Gasteiger partial charge in [0.25, 0.3) is 0 Å². The van der Waals surface area contributed by atoms with Crippen molar-refractivity contribution in [2.24, 2.45) is 0 Å². The third-order valence-corrected chi connectivity index (χ3v) is 4.89. The van der Waals surface area contributed by atoms with E-state index < -0.39 is 0 Å². The summed E-state index contributed by atoms with van der Waals surface area (Å²) in [6.45, 7) is 4.61. The predicted molar refractivity (Wildman–Crippen MR) is 102 cm³/mol. The highest BCUT2D eigenvalue weighted by molar-refractivity contribution is 5.97. The van der Waals surface area contributed by atoms with E-state index in [1.165, 1.54) is 5.56 Å². The number of aromatic nitrogens is 2. The molecular formula is C21H21N3O3. The van der Waals surface area contributed by atoms with Gasteiger partial charge in [0.05, 0.1) is 13.0 Å². The van der Waals surface area contributed by atoms with Gasteiger partial charge in [-0.15, -0.1) is 0 Å². The van der Waals surface area contributed by atoms with E-state index in [9.17, 15) is 4.79 Å². The van der Waals surface area contributed by atoms with Crippen molar-refractivity contribution in [3.05, 3.63) is 59.5 Å². The van der Waals surface area contributed by atoms with Crippen molar-refractivity contribution in [3.63, 3.8) is 0 Å². The Bertz CT molecular complexity index is 996. The normalized spacial score (nSPS) is 16.8. The molecule has 2 heterocycles. The molecular weight excluding hydrogens is 342 g/mol. The fourth-order valence-corrected chi connectivity index (χ4v) is 3.49. The lowest BCUT2D eigenvalue weighted by Gasteiger charge is -2.19. The van der Waals surface area contributed by atoms with E-state index in [1.807, 2.05) is 55.1 Å². The van der Waals surface area contributed by atoms with Crippen LogP contribution in [0, 0.1) is 13.8 Å². The Hall–Kier alpha value is -3.15. The van der Waals surface area contributed by atoms with Crippen LogP contribution in [0.3, 0.4) is 0 Å². The summed E-state index contributed by atoms with van der Waals surface area (Å²) < 4.78 is 10.7. The van der Waals surface area contributed by atoms with E-state index in [0.717, 1.165) is 22.6 Å². The zero-order valence-electron chi connectivity index (χ0n) is 15.6. The van der Waals surface area contributed by atoms with E-state index in [-0.39, 0.29) is 11.8 Å². The number of aryl methyl sites for hydroxylation is 2. The minimum Gasteiger partial charge on any atom is -0.497 e. The quantitative estimate of drug-likeness (QED) is 0.703. The molecule has 0 aliphatic carbocycles. The number of hydrogen-bond acceptors (Lipinski definition) is 5. The van der Waals surface area contributed by atoms with Crippen molar-refractivity contribution in [1.29, 1.82) is 0 Å². The van der Waals surface area contributed by atoms with Gasteiger partial charge < -0.3 is 14.2 Å². The molecule has 27 heavy (non-hydrogen) atoms. The Labute approximate surface area is 157 Å². The van der Waals surface area contributed by atoms with Gasteiger partial charge >= 0.3 is 0 Å². The first-order valence-corrected chi connectivity index (χ1v) is 8.91. The molecule has 1 aliphatic rings. The molecule has 138 valence electrons. The molecule has 4 rings (SSSR count). The number of carbonyl (C=O) groups excluding carboxylic acids is 1. The topological polar surface area (TPSA) is 68.5 Å².